The predicted octanol–water partition coefficient (Wildman–Crippen LogP) is 2.17. The molecule has 4 nitrogen and oxygen atoms in total. The fraction of sp³-hybridized carbons (Fsp3) is 0.864. The van der Waals surface area contributed by atoms with Crippen LogP contribution < -0.4 is 10.6 Å². The summed E-state index contributed by atoms with van der Waals surface area (Å²) < 4.78 is 12.1. The Morgan fingerprint density at radius 2 is 2.08 bits per heavy atom. The minimum Gasteiger partial charge on any atom is -0.375 e. The lowest BCUT2D eigenvalue weighted by Gasteiger charge is -2.26. The van der Waals surface area contributed by atoms with Gasteiger partial charge < -0.3 is 14.8 Å². The highest BCUT2D eigenvalue weighted by molar-refractivity contribution is 5.43. The summed E-state index contributed by atoms with van der Waals surface area (Å²) in [6, 6.07) is 0.774. The zero-order chi connectivity index (χ0) is 18.1. The minimum absolute atomic E-state index is 0.211. The highest BCUT2D eigenvalue weighted by atomic mass is 16.5. The molecule has 5 rings (SSSR count). The van der Waals surface area contributed by atoms with Crippen LogP contribution in [-0.2, 0) is 9.47 Å². The van der Waals surface area contributed by atoms with E-state index in [1.165, 1.54) is 36.8 Å². The molecule has 4 heteroatoms. The number of nitrogens with one attached hydrogen (secondary N) is 1. The molecular formula is C22H35N2O2+. The smallest absolute Gasteiger partial charge is 0.191 e. The van der Waals surface area contributed by atoms with Crippen LogP contribution in [0.3, 0.4) is 0 Å². The van der Waals surface area contributed by atoms with Crippen molar-refractivity contribution in [1.29, 1.82) is 0 Å². The van der Waals surface area contributed by atoms with Crippen molar-refractivity contribution in [2.75, 3.05) is 13.7 Å². The molecule has 1 saturated heterocycles. The molecule has 4 aliphatic carbocycles. The van der Waals surface area contributed by atoms with Crippen molar-refractivity contribution >= 4 is 0 Å². The molecule has 0 radical (unpaired) electrons. The molecule has 0 amide bonds. The van der Waals surface area contributed by atoms with Crippen molar-refractivity contribution in [2.24, 2.45) is 29.1 Å². The second-order valence-electron chi connectivity index (χ2n) is 9.86. The number of ether oxygens (including phenoxy) is 2. The SMILES string of the molecule is COC1C2=C=C(C)C(COC3CCC4C(C)C4C(NC4CC4)[NH2+]3)CC21C. The Hall–Kier alpha value is -0.640. The maximum atomic E-state index is 6.48. The Bertz CT molecular complexity index is 651. The van der Waals surface area contributed by atoms with Crippen LogP contribution in [0.25, 0.3) is 0 Å². The molecule has 3 saturated carbocycles. The zero-order valence-electron chi connectivity index (χ0n) is 16.8. The van der Waals surface area contributed by atoms with E-state index in [0.717, 1.165) is 36.8 Å². The van der Waals surface area contributed by atoms with Crippen molar-refractivity contribution in [3.05, 3.63) is 16.9 Å². The summed E-state index contributed by atoms with van der Waals surface area (Å²) in [4.78, 5) is 0. The third-order valence-corrected chi connectivity index (χ3v) is 8.00. The number of fused-ring (bicyclic) bond motifs is 2. The average Bonchev–Trinajstić information content (AvgIpc) is 3.50. The first-order valence-electron chi connectivity index (χ1n) is 10.7. The topological polar surface area (TPSA) is 47.1 Å². The van der Waals surface area contributed by atoms with Gasteiger partial charge in [0, 0.05) is 42.4 Å². The molecule has 144 valence electrons. The first kappa shape index (κ1) is 17.5. The van der Waals surface area contributed by atoms with Gasteiger partial charge in [-0.05, 0) is 50.0 Å². The second kappa shape index (κ2) is 6.18. The lowest BCUT2D eigenvalue weighted by molar-refractivity contribution is -0.762. The summed E-state index contributed by atoms with van der Waals surface area (Å²) in [5, 5.41) is 6.41. The van der Waals surface area contributed by atoms with Crippen LogP contribution in [0, 0.1) is 29.1 Å². The van der Waals surface area contributed by atoms with E-state index in [-0.39, 0.29) is 11.5 Å². The Balaban J connectivity index is 1.19. The van der Waals surface area contributed by atoms with E-state index in [1.807, 2.05) is 7.11 Å². The van der Waals surface area contributed by atoms with Gasteiger partial charge in [-0.15, -0.1) is 5.73 Å². The third-order valence-electron chi connectivity index (χ3n) is 8.00. The number of rotatable bonds is 6. The predicted molar refractivity (Wildman–Crippen MR) is 100 cm³/mol. The Labute approximate surface area is 157 Å². The van der Waals surface area contributed by atoms with E-state index < -0.39 is 0 Å². The first-order chi connectivity index (χ1) is 12.5. The molecule has 8 atom stereocenters. The van der Waals surface area contributed by atoms with Gasteiger partial charge in [0.2, 0.25) is 0 Å². The summed E-state index contributed by atoms with van der Waals surface area (Å²) in [5.41, 5.74) is 6.55. The maximum Gasteiger partial charge on any atom is 0.191 e. The molecule has 0 aromatic rings. The van der Waals surface area contributed by atoms with E-state index in [9.17, 15) is 0 Å². The van der Waals surface area contributed by atoms with E-state index in [2.05, 4.69) is 37.1 Å². The molecule has 0 aromatic carbocycles. The van der Waals surface area contributed by atoms with Crippen LogP contribution in [0.4, 0.5) is 0 Å². The average molecular weight is 360 g/mol. The monoisotopic (exact) mass is 359 g/mol. The van der Waals surface area contributed by atoms with Gasteiger partial charge in [-0.1, -0.05) is 13.8 Å². The van der Waals surface area contributed by atoms with Crippen molar-refractivity contribution in [2.45, 2.75) is 77.4 Å². The van der Waals surface area contributed by atoms with E-state index >= 15 is 0 Å². The molecule has 8 unspecified atom stereocenters. The van der Waals surface area contributed by atoms with Gasteiger partial charge in [-0.3, -0.25) is 5.32 Å². The Morgan fingerprint density at radius 3 is 2.81 bits per heavy atom. The Kier molecular flexibility index (Phi) is 4.15. The van der Waals surface area contributed by atoms with Crippen molar-refractivity contribution in [3.8, 4) is 0 Å². The van der Waals surface area contributed by atoms with Gasteiger partial charge in [0.15, 0.2) is 6.23 Å². The van der Waals surface area contributed by atoms with E-state index in [4.69, 9.17) is 9.47 Å². The van der Waals surface area contributed by atoms with Crippen molar-refractivity contribution < 1.29 is 14.8 Å². The molecular weight excluding hydrogens is 324 g/mol. The van der Waals surface area contributed by atoms with Crippen molar-refractivity contribution in [3.63, 3.8) is 0 Å². The molecule has 1 heterocycles. The summed E-state index contributed by atoms with van der Waals surface area (Å²) in [7, 11) is 1.82. The van der Waals surface area contributed by atoms with Crippen molar-refractivity contribution in [1.82, 2.24) is 5.32 Å². The molecule has 5 aliphatic rings. The lowest BCUT2D eigenvalue weighted by Crippen LogP contribution is -2.98. The molecule has 26 heavy (non-hydrogen) atoms. The molecule has 1 aliphatic heterocycles. The number of hydrogen-bond acceptors (Lipinski definition) is 3. The lowest BCUT2D eigenvalue weighted by atomic mass is 9.85. The van der Waals surface area contributed by atoms with Crippen LogP contribution in [0.1, 0.15) is 52.9 Å². The number of quaternary nitrogens is 1. The van der Waals surface area contributed by atoms with Crippen LogP contribution in [0.15, 0.2) is 16.9 Å². The maximum absolute atomic E-state index is 6.48. The minimum atomic E-state index is 0.211. The molecule has 0 bridgehead atoms. The largest absolute Gasteiger partial charge is 0.375 e. The number of methoxy groups -OCH3 is 1. The highest BCUT2D eigenvalue weighted by Gasteiger charge is 2.60. The van der Waals surface area contributed by atoms with Gasteiger partial charge in [-0.25, -0.2) is 0 Å². The quantitative estimate of drug-likeness (QED) is 0.715. The number of nitrogens with two attached hydrogens (primary N) is 1. The summed E-state index contributed by atoms with van der Waals surface area (Å²) in [6.07, 6.45) is 7.58. The summed E-state index contributed by atoms with van der Waals surface area (Å²) in [5.74, 6) is 3.17. The van der Waals surface area contributed by atoms with Crippen LogP contribution in [0.2, 0.25) is 0 Å². The summed E-state index contributed by atoms with van der Waals surface area (Å²) >= 11 is 0. The van der Waals surface area contributed by atoms with Gasteiger partial charge in [-0.2, -0.15) is 0 Å². The molecule has 0 aromatic heterocycles. The normalized spacial score (nSPS) is 49.5. The fourth-order valence-electron chi connectivity index (χ4n) is 5.92. The molecule has 3 N–H and O–H groups in total. The van der Waals surface area contributed by atoms with Crippen LogP contribution in [-0.4, -0.2) is 38.3 Å². The zero-order valence-corrected chi connectivity index (χ0v) is 16.8. The fourth-order valence-corrected chi connectivity index (χ4v) is 5.92. The Morgan fingerprint density at radius 1 is 1.27 bits per heavy atom. The summed E-state index contributed by atoms with van der Waals surface area (Å²) in [6.45, 7) is 7.82. The highest BCUT2D eigenvalue weighted by Crippen LogP contribution is 2.60. The van der Waals surface area contributed by atoms with Gasteiger partial charge in [0.25, 0.3) is 0 Å². The first-order valence-corrected chi connectivity index (χ1v) is 10.7. The molecule has 0 spiro atoms. The molecule has 4 fully saturated rings. The van der Waals surface area contributed by atoms with E-state index in [0.29, 0.717) is 18.3 Å². The standard InChI is InChI=1S/C22H34N2O2/c1-12-9-17-20(25-4)22(17,3)10-14(12)11-26-18-8-7-16-13(2)19(16)21(24-18)23-15-5-6-15/h13-16,18-21,23-24H,5-8,10-11H2,1-4H3/p+1. The van der Waals surface area contributed by atoms with E-state index in [1.54, 1.807) is 0 Å². The third kappa shape index (κ3) is 2.91. The van der Waals surface area contributed by atoms with Gasteiger partial charge in [0.05, 0.1) is 12.7 Å². The van der Waals surface area contributed by atoms with Crippen LogP contribution >= 0.6 is 0 Å². The van der Waals surface area contributed by atoms with Crippen LogP contribution in [0.5, 0.6) is 0 Å². The number of hydrogen-bond donors (Lipinski definition) is 2. The second-order valence-corrected chi connectivity index (χ2v) is 9.86. The van der Waals surface area contributed by atoms with Gasteiger partial charge >= 0.3 is 0 Å². The van der Waals surface area contributed by atoms with Gasteiger partial charge in [0.1, 0.15) is 6.17 Å².